The second kappa shape index (κ2) is 3.47. The molecule has 1 N–H and O–H groups in total. The largest absolute Gasteiger partial charge is 0.338 e. The molecule has 2 aromatic rings. The van der Waals surface area contributed by atoms with Crippen molar-refractivity contribution in [1.29, 1.82) is 0 Å². The Hall–Kier alpha value is -1.69. The number of anilines is 1. The lowest BCUT2D eigenvalue weighted by Crippen LogP contribution is -2.44. The van der Waals surface area contributed by atoms with E-state index >= 15 is 0 Å². The minimum absolute atomic E-state index is 0.554. The minimum atomic E-state index is 0.554. The van der Waals surface area contributed by atoms with E-state index in [2.05, 4.69) is 25.3 Å². The molecule has 3 rings (SSSR count). The number of piperazine rings is 1. The molecule has 0 saturated carbocycles. The van der Waals surface area contributed by atoms with Crippen molar-refractivity contribution < 1.29 is 4.52 Å². The number of rotatable bonds is 1. The second-order valence-electron chi connectivity index (χ2n) is 3.49. The number of nitrogens with zero attached hydrogens (tertiary/aromatic N) is 4. The van der Waals surface area contributed by atoms with Crippen LogP contribution in [0.1, 0.15) is 0 Å². The van der Waals surface area contributed by atoms with Crippen LogP contribution in [0, 0.1) is 0 Å². The van der Waals surface area contributed by atoms with Gasteiger partial charge in [0.15, 0.2) is 0 Å². The smallest absolute Gasteiger partial charge is 0.262 e. The molecule has 15 heavy (non-hydrogen) atoms. The fourth-order valence-electron chi connectivity index (χ4n) is 1.68. The first kappa shape index (κ1) is 8.60. The number of hydrogen-bond donors (Lipinski definition) is 1. The molecule has 78 valence electrons. The lowest BCUT2D eigenvalue weighted by Gasteiger charge is -2.26. The SMILES string of the molecule is c1noc2nc(N3CCNCC3)ncc12. The molecule has 1 fully saturated rings. The predicted molar refractivity (Wildman–Crippen MR) is 54.7 cm³/mol. The molecule has 0 aliphatic carbocycles. The Kier molecular flexibility index (Phi) is 1.99. The number of aromatic nitrogens is 3. The Morgan fingerprint density at radius 1 is 1.27 bits per heavy atom. The standard InChI is InChI=1S/C9H11N5O/c1-3-14(4-2-10-1)9-11-5-7-6-12-15-8(7)13-9/h5-6,10H,1-4H2. The first-order valence-electron chi connectivity index (χ1n) is 4.96. The molecule has 1 saturated heterocycles. The van der Waals surface area contributed by atoms with Crippen molar-refractivity contribution in [2.45, 2.75) is 0 Å². The summed E-state index contributed by atoms with van der Waals surface area (Å²) in [6.07, 6.45) is 3.37. The van der Waals surface area contributed by atoms with E-state index < -0.39 is 0 Å². The van der Waals surface area contributed by atoms with Crippen LogP contribution in [-0.2, 0) is 0 Å². The van der Waals surface area contributed by atoms with Gasteiger partial charge in [0.05, 0.1) is 11.6 Å². The third-order valence-corrected chi connectivity index (χ3v) is 2.50. The Labute approximate surface area is 86.3 Å². The highest BCUT2D eigenvalue weighted by Crippen LogP contribution is 2.14. The molecule has 0 unspecified atom stereocenters. The van der Waals surface area contributed by atoms with Crippen LogP contribution in [0.4, 0.5) is 5.95 Å². The van der Waals surface area contributed by atoms with Crippen molar-refractivity contribution in [3.05, 3.63) is 12.4 Å². The molecule has 0 atom stereocenters. The van der Waals surface area contributed by atoms with E-state index in [4.69, 9.17) is 4.52 Å². The summed E-state index contributed by atoms with van der Waals surface area (Å²) in [6.45, 7) is 3.80. The number of hydrogen-bond acceptors (Lipinski definition) is 6. The fourth-order valence-corrected chi connectivity index (χ4v) is 1.68. The summed E-state index contributed by atoms with van der Waals surface area (Å²) in [5.41, 5.74) is 0.554. The van der Waals surface area contributed by atoms with E-state index in [0.717, 1.165) is 37.5 Å². The van der Waals surface area contributed by atoms with Gasteiger partial charge < -0.3 is 14.7 Å². The van der Waals surface area contributed by atoms with Crippen LogP contribution < -0.4 is 10.2 Å². The van der Waals surface area contributed by atoms with Gasteiger partial charge in [0.25, 0.3) is 5.71 Å². The van der Waals surface area contributed by atoms with Crippen molar-refractivity contribution in [1.82, 2.24) is 20.4 Å². The number of nitrogens with one attached hydrogen (secondary N) is 1. The summed E-state index contributed by atoms with van der Waals surface area (Å²) in [5.74, 6) is 0.723. The Morgan fingerprint density at radius 2 is 2.13 bits per heavy atom. The van der Waals surface area contributed by atoms with Gasteiger partial charge in [-0.2, -0.15) is 4.98 Å². The van der Waals surface area contributed by atoms with Crippen molar-refractivity contribution >= 4 is 17.0 Å². The van der Waals surface area contributed by atoms with Gasteiger partial charge in [0.1, 0.15) is 0 Å². The predicted octanol–water partition coefficient (Wildman–Crippen LogP) is 0.0274. The van der Waals surface area contributed by atoms with Crippen LogP contribution in [0.5, 0.6) is 0 Å². The van der Waals surface area contributed by atoms with Gasteiger partial charge in [0.2, 0.25) is 5.95 Å². The van der Waals surface area contributed by atoms with Gasteiger partial charge in [-0.25, -0.2) is 4.98 Å². The van der Waals surface area contributed by atoms with Gasteiger partial charge in [-0.15, -0.1) is 0 Å². The molecule has 3 heterocycles. The highest BCUT2D eigenvalue weighted by Gasteiger charge is 2.14. The van der Waals surface area contributed by atoms with Gasteiger partial charge >= 0.3 is 0 Å². The summed E-state index contributed by atoms with van der Waals surface area (Å²) >= 11 is 0. The maximum Gasteiger partial charge on any atom is 0.262 e. The number of fused-ring (bicyclic) bond motifs is 1. The van der Waals surface area contributed by atoms with Crippen LogP contribution in [0.15, 0.2) is 16.9 Å². The topological polar surface area (TPSA) is 67.1 Å². The van der Waals surface area contributed by atoms with Crippen molar-refractivity contribution in [2.24, 2.45) is 0 Å². The molecule has 1 aliphatic rings. The third-order valence-electron chi connectivity index (χ3n) is 2.50. The highest BCUT2D eigenvalue weighted by molar-refractivity contribution is 5.71. The first-order valence-corrected chi connectivity index (χ1v) is 4.96. The maximum absolute atomic E-state index is 5.01. The van der Waals surface area contributed by atoms with E-state index in [1.54, 1.807) is 12.4 Å². The monoisotopic (exact) mass is 205 g/mol. The normalized spacial score (nSPS) is 17.2. The van der Waals surface area contributed by atoms with Gasteiger partial charge in [-0.1, -0.05) is 5.16 Å². The molecule has 6 nitrogen and oxygen atoms in total. The summed E-state index contributed by atoms with van der Waals surface area (Å²) in [4.78, 5) is 10.7. The Morgan fingerprint density at radius 3 is 3.00 bits per heavy atom. The quantitative estimate of drug-likeness (QED) is 0.708. The minimum Gasteiger partial charge on any atom is -0.338 e. The zero-order valence-electron chi connectivity index (χ0n) is 8.18. The maximum atomic E-state index is 5.01. The van der Waals surface area contributed by atoms with Crippen molar-refractivity contribution in [2.75, 3.05) is 31.1 Å². The molecular weight excluding hydrogens is 194 g/mol. The van der Waals surface area contributed by atoms with Gasteiger partial charge in [0, 0.05) is 32.4 Å². The van der Waals surface area contributed by atoms with Gasteiger partial charge in [-0.05, 0) is 0 Å². The molecule has 0 spiro atoms. The van der Waals surface area contributed by atoms with Crippen LogP contribution in [-0.4, -0.2) is 41.3 Å². The van der Waals surface area contributed by atoms with Crippen LogP contribution in [0.2, 0.25) is 0 Å². The average Bonchev–Trinajstić information content (AvgIpc) is 2.77. The summed E-state index contributed by atoms with van der Waals surface area (Å²) < 4.78 is 5.01. The first-order chi connectivity index (χ1) is 7.43. The van der Waals surface area contributed by atoms with E-state index in [-0.39, 0.29) is 0 Å². The van der Waals surface area contributed by atoms with Crippen LogP contribution in [0.3, 0.4) is 0 Å². The molecule has 2 aromatic heterocycles. The van der Waals surface area contributed by atoms with E-state index in [9.17, 15) is 0 Å². The lowest BCUT2D eigenvalue weighted by molar-refractivity contribution is 0.448. The van der Waals surface area contributed by atoms with E-state index in [1.807, 2.05) is 0 Å². The molecule has 0 bridgehead atoms. The molecule has 0 aromatic carbocycles. The molecule has 0 amide bonds. The average molecular weight is 205 g/mol. The zero-order chi connectivity index (χ0) is 10.1. The van der Waals surface area contributed by atoms with E-state index in [0.29, 0.717) is 5.71 Å². The summed E-state index contributed by atoms with van der Waals surface area (Å²) in [7, 11) is 0. The van der Waals surface area contributed by atoms with Crippen LogP contribution >= 0.6 is 0 Å². The molecular formula is C9H11N5O. The van der Waals surface area contributed by atoms with Gasteiger partial charge in [-0.3, -0.25) is 0 Å². The highest BCUT2D eigenvalue weighted by atomic mass is 16.5. The second-order valence-corrected chi connectivity index (χ2v) is 3.49. The van der Waals surface area contributed by atoms with Crippen molar-refractivity contribution in [3.8, 4) is 0 Å². The molecule has 6 heteroatoms. The third kappa shape index (κ3) is 1.52. The Balaban J connectivity index is 1.95. The van der Waals surface area contributed by atoms with Crippen molar-refractivity contribution in [3.63, 3.8) is 0 Å². The fraction of sp³-hybridized carbons (Fsp3) is 0.444. The zero-order valence-corrected chi connectivity index (χ0v) is 8.18. The Bertz CT molecular complexity index is 462. The molecule has 1 aliphatic heterocycles. The summed E-state index contributed by atoms with van der Waals surface area (Å²) in [6, 6.07) is 0. The summed E-state index contributed by atoms with van der Waals surface area (Å²) in [5, 5.41) is 7.80. The molecule has 0 radical (unpaired) electrons. The van der Waals surface area contributed by atoms with E-state index in [1.165, 1.54) is 0 Å². The lowest BCUT2D eigenvalue weighted by atomic mass is 10.4. The van der Waals surface area contributed by atoms with Crippen LogP contribution in [0.25, 0.3) is 11.1 Å².